The van der Waals surface area contributed by atoms with Gasteiger partial charge in [-0.15, -0.1) is 0 Å². The predicted octanol–water partition coefficient (Wildman–Crippen LogP) is 3.34. The molecule has 0 aromatic heterocycles. The number of nitrogens with zero attached hydrogens (tertiary/aromatic N) is 1. The number of hydrogen-bond donors (Lipinski definition) is 0. The first-order valence-corrected chi connectivity index (χ1v) is 8.06. The van der Waals surface area contributed by atoms with E-state index in [0.717, 1.165) is 48.6 Å². The van der Waals surface area contributed by atoms with E-state index in [1.54, 1.807) is 0 Å². The highest BCUT2D eigenvalue weighted by Gasteiger charge is 2.38. The summed E-state index contributed by atoms with van der Waals surface area (Å²) in [6, 6.07) is 18.1. The molecule has 0 radical (unpaired) electrons. The van der Waals surface area contributed by atoms with Crippen LogP contribution in [-0.4, -0.2) is 37.0 Å². The summed E-state index contributed by atoms with van der Waals surface area (Å²) in [6.45, 7) is 3.17. The zero-order chi connectivity index (χ0) is 15.6. The topological polar surface area (TPSA) is 29.5 Å². The molecule has 1 aliphatic heterocycles. The average Bonchev–Trinajstić information content (AvgIpc) is 2.89. The minimum atomic E-state index is 0.0443. The van der Waals surface area contributed by atoms with Gasteiger partial charge >= 0.3 is 0 Å². The quantitative estimate of drug-likeness (QED) is 0.797. The number of carbonyl (C=O) groups is 1. The Balaban J connectivity index is 1.80. The average molecular weight is 305 g/mol. The van der Waals surface area contributed by atoms with Crippen molar-refractivity contribution in [3.63, 3.8) is 0 Å². The van der Waals surface area contributed by atoms with Crippen LogP contribution in [0.15, 0.2) is 60.2 Å². The van der Waals surface area contributed by atoms with Crippen molar-refractivity contribution >= 4 is 11.9 Å². The number of hydrogen-bond acceptors (Lipinski definition) is 3. The number of morpholine rings is 1. The number of ether oxygens (including phenoxy) is 1. The molecule has 3 heteroatoms. The van der Waals surface area contributed by atoms with Crippen molar-refractivity contribution in [1.82, 2.24) is 4.90 Å². The lowest BCUT2D eigenvalue weighted by Gasteiger charge is -2.33. The fraction of sp³-hybridized carbons (Fsp3) is 0.250. The van der Waals surface area contributed by atoms with E-state index in [2.05, 4.69) is 11.0 Å². The molecule has 1 atom stereocenters. The summed E-state index contributed by atoms with van der Waals surface area (Å²) in [5.41, 5.74) is 3.91. The number of benzene rings is 2. The van der Waals surface area contributed by atoms with Crippen LogP contribution in [0.4, 0.5) is 0 Å². The molecule has 116 valence electrons. The van der Waals surface area contributed by atoms with Gasteiger partial charge in [0.05, 0.1) is 19.3 Å². The van der Waals surface area contributed by atoms with Gasteiger partial charge in [0.2, 0.25) is 0 Å². The van der Waals surface area contributed by atoms with Crippen LogP contribution in [0, 0.1) is 0 Å². The minimum absolute atomic E-state index is 0.0443. The third kappa shape index (κ3) is 2.62. The van der Waals surface area contributed by atoms with Gasteiger partial charge in [0.25, 0.3) is 0 Å². The maximum absolute atomic E-state index is 12.9. The molecule has 2 aromatic carbocycles. The zero-order valence-corrected chi connectivity index (χ0v) is 12.9. The summed E-state index contributed by atoms with van der Waals surface area (Å²) in [5.74, 6) is 0.154. The standard InChI is InChI=1S/C20H19NO2/c22-20-17-9-5-4-8-16(17)19(21-10-12-23-13-11-21)18(20)14-15-6-2-1-3-7-15/h1-9,14,19H,10-13H2/b18-14+/t19-/m0/s1. The largest absolute Gasteiger partial charge is 0.379 e. The van der Waals surface area contributed by atoms with Crippen LogP contribution in [-0.2, 0) is 4.74 Å². The van der Waals surface area contributed by atoms with Crippen molar-refractivity contribution < 1.29 is 9.53 Å². The number of rotatable bonds is 2. The molecule has 2 aromatic rings. The summed E-state index contributed by atoms with van der Waals surface area (Å²) in [6.07, 6.45) is 2.04. The maximum Gasteiger partial charge on any atom is 0.191 e. The van der Waals surface area contributed by atoms with Crippen molar-refractivity contribution in [2.75, 3.05) is 26.3 Å². The third-order valence-electron chi connectivity index (χ3n) is 4.59. The van der Waals surface area contributed by atoms with E-state index in [-0.39, 0.29) is 11.8 Å². The second-order valence-corrected chi connectivity index (χ2v) is 5.98. The summed E-state index contributed by atoms with van der Waals surface area (Å²) in [7, 11) is 0. The lowest BCUT2D eigenvalue weighted by Crippen LogP contribution is -2.39. The molecule has 0 saturated carbocycles. The lowest BCUT2D eigenvalue weighted by molar-refractivity contribution is 0.0242. The zero-order valence-electron chi connectivity index (χ0n) is 12.9. The van der Waals surface area contributed by atoms with E-state index >= 15 is 0 Å². The van der Waals surface area contributed by atoms with Crippen LogP contribution >= 0.6 is 0 Å². The van der Waals surface area contributed by atoms with Gasteiger partial charge in [-0.1, -0.05) is 54.6 Å². The van der Waals surface area contributed by atoms with E-state index in [4.69, 9.17) is 4.74 Å². The molecular formula is C20H19NO2. The van der Waals surface area contributed by atoms with E-state index in [1.165, 1.54) is 0 Å². The molecule has 2 aliphatic rings. The lowest BCUT2D eigenvalue weighted by atomic mass is 10.0. The highest BCUT2D eigenvalue weighted by molar-refractivity contribution is 6.16. The molecule has 1 heterocycles. The number of fused-ring (bicyclic) bond motifs is 1. The molecule has 1 saturated heterocycles. The Kier molecular flexibility index (Phi) is 3.82. The van der Waals surface area contributed by atoms with Crippen molar-refractivity contribution in [3.05, 3.63) is 76.9 Å². The summed E-state index contributed by atoms with van der Waals surface area (Å²) >= 11 is 0. The molecule has 0 spiro atoms. The molecule has 1 fully saturated rings. The molecule has 3 nitrogen and oxygen atoms in total. The Morgan fingerprint density at radius 1 is 0.957 bits per heavy atom. The molecule has 4 rings (SSSR count). The van der Waals surface area contributed by atoms with Gasteiger partial charge in [-0.05, 0) is 17.2 Å². The van der Waals surface area contributed by atoms with Gasteiger partial charge in [-0.2, -0.15) is 0 Å². The Hall–Kier alpha value is -2.23. The fourth-order valence-electron chi connectivity index (χ4n) is 3.49. The van der Waals surface area contributed by atoms with Gasteiger partial charge in [-0.3, -0.25) is 9.69 Å². The minimum Gasteiger partial charge on any atom is -0.379 e. The van der Waals surface area contributed by atoms with E-state index in [0.29, 0.717) is 0 Å². The second-order valence-electron chi connectivity index (χ2n) is 5.98. The smallest absolute Gasteiger partial charge is 0.191 e. The first-order valence-electron chi connectivity index (χ1n) is 8.06. The molecule has 0 unspecified atom stereocenters. The number of Topliss-reactive ketones (excluding diaryl/α,β-unsaturated/α-hetero) is 1. The Labute approximate surface area is 136 Å². The monoisotopic (exact) mass is 305 g/mol. The fourth-order valence-corrected chi connectivity index (χ4v) is 3.49. The molecule has 23 heavy (non-hydrogen) atoms. The third-order valence-corrected chi connectivity index (χ3v) is 4.59. The van der Waals surface area contributed by atoms with E-state index in [9.17, 15) is 4.79 Å². The number of carbonyl (C=O) groups excluding carboxylic acids is 1. The van der Waals surface area contributed by atoms with Crippen LogP contribution in [0.5, 0.6) is 0 Å². The van der Waals surface area contributed by atoms with Crippen molar-refractivity contribution in [3.8, 4) is 0 Å². The van der Waals surface area contributed by atoms with Crippen LogP contribution in [0.25, 0.3) is 6.08 Å². The van der Waals surface area contributed by atoms with Crippen LogP contribution < -0.4 is 0 Å². The highest BCUT2D eigenvalue weighted by Crippen LogP contribution is 2.41. The Bertz CT molecular complexity index is 745. The molecule has 0 bridgehead atoms. The number of ketones is 1. The van der Waals surface area contributed by atoms with Crippen LogP contribution in [0.2, 0.25) is 0 Å². The first kappa shape index (κ1) is 14.4. The summed E-state index contributed by atoms with van der Waals surface area (Å²) in [4.78, 5) is 15.3. The van der Waals surface area contributed by atoms with Crippen molar-refractivity contribution in [1.29, 1.82) is 0 Å². The normalized spacial score (nSPS) is 23.2. The van der Waals surface area contributed by atoms with E-state index < -0.39 is 0 Å². The second kappa shape index (κ2) is 6.11. The van der Waals surface area contributed by atoms with Crippen molar-refractivity contribution in [2.24, 2.45) is 0 Å². The molecule has 0 amide bonds. The predicted molar refractivity (Wildman–Crippen MR) is 90.3 cm³/mol. The maximum atomic E-state index is 12.9. The molecule has 0 N–H and O–H groups in total. The van der Waals surface area contributed by atoms with E-state index in [1.807, 2.05) is 54.6 Å². The molecular weight excluding hydrogens is 286 g/mol. The highest BCUT2D eigenvalue weighted by atomic mass is 16.5. The van der Waals surface area contributed by atoms with Gasteiger partial charge < -0.3 is 4.74 Å². The van der Waals surface area contributed by atoms with Gasteiger partial charge in [0.1, 0.15) is 0 Å². The van der Waals surface area contributed by atoms with Crippen LogP contribution in [0.3, 0.4) is 0 Å². The van der Waals surface area contributed by atoms with Gasteiger partial charge in [0, 0.05) is 24.2 Å². The van der Waals surface area contributed by atoms with Crippen molar-refractivity contribution in [2.45, 2.75) is 6.04 Å². The Morgan fingerprint density at radius 3 is 2.43 bits per heavy atom. The Morgan fingerprint density at radius 2 is 1.65 bits per heavy atom. The summed E-state index contributed by atoms with van der Waals surface area (Å²) < 4.78 is 5.48. The van der Waals surface area contributed by atoms with Gasteiger partial charge in [-0.25, -0.2) is 0 Å². The first-order chi connectivity index (χ1) is 11.3. The SMILES string of the molecule is O=C1/C(=C/c2ccccc2)[C@@H](N2CCOCC2)c2ccccc21. The van der Waals surface area contributed by atoms with Gasteiger partial charge in [0.15, 0.2) is 5.78 Å². The summed E-state index contributed by atoms with van der Waals surface area (Å²) in [5, 5.41) is 0. The molecule has 1 aliphatic carbocycles. The van der Waals surface area contributed by atoms with Crippen LogP contribution in [0.1, 0.15) is 27.5 Å².